The number of nitriles is 1. The summed E-state index contributed by atoms with van der Waals surface area (Å²) >= 11 is 0. The highest BCUT2D eigenvalue weighted by atomic mass is 19.4. The number of benzene rings is 1. The van der Waals surface area contributed by atoms with Crippen LogP contribution in [-0.4, -0.2) is 28.3 Å². The molecule has 0 saturated carbocycles. The molecule has 1 atom stereocenters. The predicted molar refractivity (Wildman–Crippen MR) is 90.2 cm³/mol. The number of anilines is 1. The van der Waals surface area contributed by atoms with Crippen molar-refractivity contribution in [2.45, 2.75) is 57.2 Å². The molecule has 1 aromatic carbocycles. The topological polar surface area (TPSA) is 93.3 Å². The van der Waals surface area contributed by atoms with Crippen molar-refractivity contribution in [2.24, 2.45) is 0 Å². The highest BCUT2D eigenvalue weighted by Crippen LogP contribution is 2.33. The Kier molecular flexibility index (Phi) is 8.06. The van der Waals surface area contributed by atoms with Crippen molar-refractivity contribution in [3.8, 4) is 6.07 Å². The highest BCUT2D eigenvalue weighted by molar-refractivity contribution is 5.96. The minimum absolute atomic E-state index is 0.130. The Balaban J connectivity index is 2.70. The summed E-state index contributed by atoms with van der Waals surface area (Å²) in [5.41, 5.74) is -3.53. The first-order valence-electron chi connectivity index (χ1n) is 8.38. The van der Waals surface area contributed by atoms with Crippen LogP contribution in [0.2, 0.25) is 0 Å². The van der Waals surface area contributed by atoms with Crippen LogP contribution < -0.4 is 5.32 Å². The summed E-state index contributed by atoms with van der Waals surface area (Å²) in [6, 6.07) is 4.32. The normalized spacial score (nSPS) is 13.7. The number of carbonyl (C=O) groups is 1. The fraction of sp³-hybridized carbons (Fsp3) is 0.556. The molecule has 1 amide bonds. The number of aliphatic hydroxyl groups is 2. The smallest absolute Gasteiger partial charge is 0.396 e. The van der Waals surface area contributed by atoms with Gasteiger partial charge in [0, 0.05) is 12.3 Å². The van der Waals surface area contributed by atoms with E-state index in [9.17, 15) is 23.1 Å². The number of carbonyl (C=O) groups excluding carboxylic acids is 1. The number of aliphatic hydroxyl groups excluding tert-OH is 1. The van der Waals surface area contributed by atoms with E-state index < -0.39 is 28.8 Å². The van der Waals surface area contributed by atoms with Gasteiger partial charge in [0.15, 0.2) is 0 Å². The number of hydrogen-bond donors (Lipinski definition) is 3. The van der Waals surface area contributed by atoms with Crippen molar-refractivity contribution < 1.29 is 28.2 Å². The number of nitrogens with one attached hydrogen (secondary N) is 1. The first-order valence-corrected chi connectivity index (χ1v) is 8.38. The first-order chi connectivity index (χ1) is 12.1. The van der Waals surface area contributed by atoms with Gasteiger partial charge in [-0.2, -0.15) is 18.4 Å². The zero-order valence-electron chi connectivity index (χ0n) is 14.6. The highest BCUT2D eigenvalue weighted by Gasteiger charge is 2.35. The number of rotatable bonds is 9. The van der Waals surface area contributed by atoms with E-state index in [1.807, 2.05) is 0 Å². The van der Waals surface area contributed by atoms with Crippen molar-refractivity contribution in [3.63, 3.8) is 0 Å². The second-order valence-electron chi connectivity index (χ2n) is 6.34. The van der Waals surface area contributed by atoms with E-state index in [0.29, 0.717) is 18.9 Å². The largest absolute Gasteiger partial charge is 0.417 e. The summed E-state index contributed by atoms with van der Waals surface area (Å²) in [6.45, 7) is 1.44. The van der Waals surface area contributed by atoms with Gasteiger partial charge in [0.25, 0.3) is 5.91 Å². The first kappa shape index (κ1) is 21.9. The molecule has 5 nitrogen and oxygen atoms in total. The van der Waals surface area contributed by atoms with Crippen molar-refractivity contribution in [2.75, 3.05) is 11.9 Å². The maximum Gasteiger partial charge on any atom is 0.417 e. The van der Waals surface area contributed by atoms with Crippen LogP contribution in [0.15, 0.2) is 18.2 Å². The summed E-state index contributed by atoms with van der Waals surface area (Å²) in [5, 5.41) is 30.0. The second kappa shape index (κ2) is 9.55. The molecule has 26 heavy (non-hydrogen) atoms. The zero-order chi connectivity index (χ0) is 19.8. The van der Waals surface area contributed by atoms with Crippen LogP contribution in [-0.2, 0) is 11.0 Å². The van der Waals surface area contributed by atoms with Crippen LogP contribution in [0.1, 0.15) is 56.6 Å². The average molecular weight is 372 g/mol. The molecule has 0 saturated heterocycles. The molecule has 0 aliphatic rings. The van der Waals surface area contributed by atoms with Crippen LogP contribution in [0.4, 0.5) is 18.9 Å². The molecule has 144 valence electrons. The minimum atomic E-state index is -4.72. The van der Waals surface area contributed by atoms with Gasteiger partial charge < -0.3 is 15.5 Å². The summed E-state index contributed by atoms with van der Waals surface area (Å²) in [6.07, 6.45) is -0.773. The molecule has 8 heteroatoms. The Morgan fingerprint density at radius 2 is 1.81 bits per heavy atom. The third kappa shape index (κ3) is 6.65. The van der Waals surface area contributed by atoms with Gasteiger partial charge in [-0.15, -0.1) is 0 Å². The van der Waals surface area contributed by atoms with E-state index >= 15 is 0 Å². The maximum atomic E-state index is 13.0. The molecule has 0 fully saturated rings. The number of amides is 1. The van der Waals surface area contributed by atoms with Gasteiger partial charge in [-0.1, -0.05) is 25.7 Å². The summed E-state index contributed by atoms with van der Waals surface area (Å²) in [7, 11) is 0. The van der Waals surface area contributed by atoms with Gasteiger partial charge in [-0.3, -0.25) is 4.79 Å². The number of unbranched alkanes of at least 4 members (excludes halogenated alkanes) is 4. The van der Waals surface area contributed by atoms with Crippen molar-refractivity contribution >= 4 is 11.6 Å². The van der Waals surface area contributed by atoms with Crippen LogP contribution in [0, 0.1) is 11.3 Å². The third-order valence-corrected chi connectivity index (χ3v) is 4.01. The zero-order valence-corrected chi connectivity index (χ0v) is 14.6. The molecule has 1 aromatic rings. The van der Waals surface area contributed by atoms with Gasteiger partial charge in [-0.25, -0.2) is 0 Å². The van der Waals surface area contributed by atoms with Gasteiger partial charge in [0.2, 0.25) is 0 Å². The third-order valence-electron chi connectivity index (χ3n) is 4.01. The van der Waals surface area contributed by atoms with Crippen LogP contribution in [0.3, 0.4) is 0 Å². The molecule has 0 aromatic heterocycles. The van der Waals surface area contributed by atoms with E-state index in [2.05, 4.69) is 5.32 Å². The molecule has 0 heterocycles. The Labute approximate surface area is 150 Å². The maximum absolute atomic E-state index is 13.0. The lowest BCUT2D eigenvalue weighted by Crippen LogP contribution is -2.40. The fourth-order valence-electron chi connectivity index (χ4n) is 2.44. The summed E-state index contributed by atoms with van der Waals surface area (Å²) in [4.78, 5) is 12.2. The number of hydrogen-bond acceptors (Lipinski definition) is 4. The molecule has 3 N–H and O–H groups in total. The summed E-state index contributed by atoms with van der Waals surface area (Å²) in [5.74, 6) is -0.800. The summed E-state index contributed by atoms with van der Waals surface area (Å²) < 4.78 is 38.9. The molecule has 1 rings (SSSR count). The van der Waals surface area contributed by atoms with Crippen LogP contribution in [0.25, 0.3) is 0 Å². The van der Waals surface area contributed by atoms with E-state index in [0.717, 1.165) is 25.3 Å². The molecule has 0 aliphatic heterocycles. The standard InChI is InChI=1S/C18H23F3N2O3/c1-17(26,9-5-3-2-4-6-10-24)16(25)23-14-8-7-13(12-22)15(11-14)18(19,20)21/h7-8,11,24,26H,2-6,9-10H2,1H3,(H,23,25)/t17-/m0/s1. The van der Waals surface area contributed by atoms with E-state index in [1.54, 1.807) is 0 Å². The van der Waals surface area contributed by atoms with Crippen molar-refractivity contribution in [1.29, 1.82) is 5.26 Å². The minimum Gasteiger partial charge on any atom is -0.396 e. The number of halogens is 3. The van der Waals surface area contributed by atoms with Crippen LogP contribution >= 0.6 is 0 Å². The second-order valence-corrected chi connectivity index (χ2v) is 6.34. The van der Waals surface area contributed by atoms with Crippen molar-refractivity contribution in [3.05, 3.63) is 29.3 Å². The lowest BCUT2D eigenvalue weighted by molar-refractivity contribution is -0.138. The van der Waals surface area contributed by atoms with Gasteiger partial charge in [0.05, 0.1) is 17.2 Å². The molecule has 0 bridgehead atoms. The van der Waals surface area contributed by atoms with Crippen LogP contribution in [0.5, 0.6) is 0 Å². The Morgan fingerprint density at radius 1 is 1.19 bits per heavy atom. The van der Waals surface area contributed by atoms with Gasteiger partial charge in [-0.05, 0) is 38.0 Å². The molecule has 0 spiro atoms. The monoisotopic (exact) mass is 372 g/mol. The van der Waals surface area contributed by atoms with E-state index in [1.165, 1.54) is 19.1 Å². The predicted octanol–water partition coefficient (Wildman–Crippen LogP) is 3.60. The van der Waals surface area contributed by atoms with Gasteiger partial charge in [0.1, 0.15) is 5.60 Å². The molecule has 0 unspecified atom stereocenters. The quantitative estimate of drug-likeness (QED) is 0.578. The number of alkyl halides is 3. The lowest BCUT2D eigenvalue weighted by atomic mass is 9.96. The Hall–Kier alpha value is -2.11. The Morgan fingerprint density at radius 3 is 2.38 bits per heavy atom. The molecule has 0 radical (unpaired) electrons. The van der Waals surface area contributed by atoms with E-state index in [-0.39, 0.29) is 18.7 Å². The Bertz CT molecular complexity index is 652. The SMILES string of the molecule is C[C@](O)(CCCCCCCO)C(=O)Nc1ccc(C#N)c(C(F)(F)F)c1. The van der Waals surface area contributed by atoms with E-state index in [4.69, 9.17) is 10.4 Å². The van der Waals surface area contributed by atoms with Crippen molar-refractivity contribution in [1.82, 2.24) is 0 Å². The molecular weight excluding hydrogens is 349 g/mol. The number of nitrogens with zero attached hydrogens (tertiary/aromatic N) is 1. The fourth-order valence-corrected chi connectivity index (χ4v) is 2.44. The average Bonchev–Trinajstić information content (AvgIpc) is 2.57. The van der Waals surface area contributed by atoms with Gasteiger partial charge >= 0.3 is 6.18 Å². The molecular formula is C18H23F3N2O3. The molecule has 0 aliphatic carbocycles. The lowest BCUT2D eigenvalue weighted by Gasteiger charge is -2.22.